The minimum atomic E-state index is -0.169. The van der Waals surface area contributed by atoms with E-state index >= 15 is 0 Å². The summed E-state index contributed by atoms with van der Waals surface area (Å²) in [5, 5.41) is 4.30. The molecule has 1 fully saturated rings. The van der Waals surface area contributed by atoms with Gasteiger partial charge in [0.1, 0.15) is 5.82 Å². The van der Waals surface area contributed by atoms with E-state index < -0.39 is 0 Å². The maximum Gasteiger partial charge on any atom is 0.123 e. The molecule has 0 aromatic heterocycles. The lowest BCUT2D eigenvalue weighted by Gasteiger charge is -2.37. The number of benzene rings is 2. The number of aryl methyl sites for hydroxylation is 1. The van der Waals surface area contributed by atoms with Crippen molar-refractivity contribution in [2.75, 3.05) is 5.32 Å². The van der Waals surface area contributed by atoms with Gasteiger partial charge in [-0.2, -0.15) is 0 Å². The van der Waals surface area contributed by atoms with Gasteiger partial charge in [-0.25, -0.2) is 4.39 Å². The summed E-state index contributed by atoms with van der Waals surface area (Å²) >= 11 is 6.03. The van der Waals surface area contributed by atoms with Crippen LogP contribution in [0.25, 0.3) is 0 Å². The quantitative estimate of drug-likeness (QED) is 0.824. The first-order valence-electron chi connectivity index (χ1n) is 6.90. The summed E-state index contributed by atoms with van der Waals surface area (Å²) in [5.74, 6) is 0.366. The van der Waals surface area contributed by atoms with Gasteiger partial charge in [-0.05, 0) is 61.1 Å². The van der Waals surface area contributed by atoms with Crippen LogP contribution in [0, 0.1) is 12.7 Å². The van der Waals surface area contributed by atoms with Crippen molar-refractivity contribution in [1.29, 1.82) is 0 Å². The maximum atomic E-state index is 12.9. The SMILES string of the molecule is Cc1ccc(Cl)cc1NC1CC(c2ccc(F)cc2)C1. The van der Waals surface area contributed by atoms with Crippen LogP contribution in [0.2, 0.25) is 5.02 Å². The molecule has 0 aliphatic heterocycles. The Morgan fingerprint density at radius 1 is 1.10 bits per heavy atom. The first kappa shape index (κ1) is 13.4. The average molecular weight is 290 g/mol. The third kappa shape index (κ3) is 2.80. The van der Waals surface area contributed by atoms with Crippen molar-refractivity contribution in [2.45, 2.75) is 31.7 Å². The molecule has 2 aromatic rings. The van der Waals surface area contributed by atoms with E-state index in [1.165, 1.54) is 23.3 Å². The summed E-state index contributed by atoms with van der Waals surface area (Å²) in [6.07, 6.45) is 2.16. The standard InChI is InChI=1S/C17H17ClFN/c1-11-2-5-14(18)10-17(11)20-16-8-13(9-16)12-3-6-15(19)7-4-12/h2-7,10,13,16,20H,8-9H2,1H3. The molecule has 0 unspecified atom stereocenters. The van der Waals surface area contributed by atoms with Crippen LogP contribution >= 0.6 is 11.6 Å². The van der Waals surface area contributed by atoms with E-state index in [-0.39, 0.29) is 5.82 Å². The van der Waals surface area contributed by atoms with Crippen molar-refractivity contribution in [2.24, 2.45) is 0 Å². The molecule has 0 spiro atoms. The minimum Gasteiger partial charge on any atom is -0.382 e. The lowest BCUT2D eigenvalue weighted by Crippen LogP contribution is -2.34. The largest absolute Gasteiger partial charge is 0.382 e. The van der Waals surface area contributed by atoms with Crippen LogP contribution in [-0.4, -0.2) is 6.04 Å². The molecular weight excluding hydrogens is 273 g/mol. The zero-order valence-corrected chi connectivity index (χ0v) is 12.1. The number of anilines is 1. The molecule has 0 heterocycles. The Labute approximate surface area is 123 Å². The van der Waals surface area contributed by atoms with E-state index in [0.29, 0.717) is 12.0 Å². The number of rotatable bonds is 3. The molecule has 1 N–H and O–H groups in total. The number of hydrogen-bond acceptors (Lipinski definition) is 1. The summed E-state index contributed by atoms with van der Waals surface area (Å²) in [7, 11) is 0. The predicted molar refractivity (Wildman–Crippen MR) is 82.0 cm³/mol. The average Bonchev–Trinajstić information content (AvgIpc) is 2.39. The Morgan fingerprint density at radius 3 is 2.50 bits per heavy atom. The molecule has 0 bridgehead atoms. The summed E-state index contributed by atoms with van der Waals surface area (Å²) in [6, 6.07) is 13.2. The van der Waals surface area contributed by atoms with Gasteiger partial charge in [-0.3, -0.25) is 0 Å². The first-order valence-corrected chi connectivity index (χ1v) is 7.28. The van der Waals surface area contributed by atoms with Gasteiger partial charge >= 0.3 is 0 Å². The maximum absolute atomic E-state index is 12.9. The van der Waals surface area contributed by atoms with Crippen molar-refractivity contribution in [3.8, 4) is 0 Å². The summed E-state index contributed by atoms with van der Waals surface area (Å²) in [4.78, 5) is 0. The second kappa shape index (κ2) is 5.45. The number of hydrogen-bond donors (Lipinski definition) is 1. The molecule has 1 saturated carbocycles. The third-order valence-electron chi connectivity index (χ3n) is 4.04. The monoisotopic (exact) mass is 289 g/mol. The topological polar surface area (TPSA) is 12.0 Å². The molecule has 104 valence electrons. The molecule has 0 saturated heterocycles. The fourth-order valence-corrected chi connectivity index (χ4v) is 2.88. The van der Waals surface area contributed by atoms with Crippen LogP contribution in [0.1, 0.15) is 29.9 Å². The lowest BCUT2D eigenvalue weighted by molar-refractivity contribution is 0.374. The number of halogens is 2. The first-order chi connectivity index (χ1) is 9.61. The van der Waals surface area contributed by atoms with Gasteiger partial charge in [-0.15, -0.1) is 0 Å². The highest BCUT2D eigenvalue weighted by Crippen LogP contribution is 2.39. The van der Waals surface area contributed by atoms with Gasteiger partial charge in [0.2, 0.25) is 0 Å². The highest BCUT2D eigenvalue weighted by Gasteiger charge is 2.30. The van der Waals surface area contributed by atoms with E-state index in [0.717, 1.165) is 23.6 Å². The van der Waals surface area contributed by atoms with Gasteiger partial charge in [0.25, 0.3) is 0 Å². The van der Waals surface area contributed by atoms with Crippen molar-refractivity contribution in [1.82, 2.24) is 0 Å². The molecule has 3 rings (SSSR count). The van der Waals surface area contributed by atoms with Gasteiger partial charge in [0.15, 0.2) is 0 Å². The van der Waals surface area contributed by atoms with Gasteiger partial charge in [0, 0.05) is 16.8 Å². The Balaban J connectivity index is 1.60. The van der Waals surface area contributed by atoms with Crippen molar-refractivity contribution >= 4 is 17.3 Å². The van der Waals surface area contributed by atoms with Crippen molar-refractivity contribution in [3.63, 3.8) is 0 Å². The summed E-state index contributed by atoms with van der Waals surface area (Å²) in [5.41, 5.74) is 3.55. The van der Waals surface area contributed by atoms with E-state index in [4.69, 9.17) is 11.6 Å². The zero-order valence-electron chi connectivity index (χ0n) is 11.4. The van der Waals surface area contributed by atoms with Crippen LogP contribution in [0.4, 0.5) is 10.1 Å². The molecule has 2 aromatic carbocycles. The molecule has 1 aliphatic rings. The second-order valence-electron chi connectivity index (χ2n) is 5.52. The molecular formula is C17H17ClFN. The van der Waals surface area contributed by atoms with Crippen LogP contribution in [0.5, 0.6) is 0 Å². The van der Waals surface area contributed by atoms with Crippen molar-refractivity contribution < 1.29 is 4.39 Å². The van der Waals surface area contributed by atoms with Gasteiger partial charge < -0.3 is 5.32 Å². The molecule has 1 aliphatic carbocycles. The minimum absolute atomic E-state index is 0.169. The highest BCUT2D eigenvalue weighted by molar-refractivity contribution is 6.30. The molecule has 0 radical (unpaired) electrons. The van der Waals surface area contributed by atoms with Crippen LogP contribution in [-0.2, 0) is 0 Å². The van der Waals surface area contributed by atoms with E-state index in [2.05, 4.69) is 12.2 Å². The van der Waals surface area contributed by atoms with Crippen LogP contribution < -0.4 is 5.32 Å². The lowest BCUT2D eigenvalue weighted by atomic mass is 9.76. The molecule has 0 atom stereocenters. The van der Waals surface area contributed by atoms with E-state index in [1.54, 1.807) is 0 Å². The smallest absolute Gasteiger partial charge is 0.123 e. The zero-order chi connectivity index (χ0) is 14.1. The second-order valence-corrected chi connectivity index (χ2v) is 5.96. The fourth-order valence-electron chi connectivity index (χ4n) is 2.71. The fraction of sp³-hybridized carbons (Fsp3) is 0.294. The Bertz CT molecular complexity index is 603. The molecule has 0 amide bonds. The van der Waals surface area contributed by atoms with Crippen LogP contribution in [0.3, 0.4) is 0 Å². The summed E-state index contributed by atoms with van der Waals surface area (Å²) < 4.78 is 12.9. The van der Waals surface area contributed by atoms with Gasteiger partial charge in [-0.1, -0.05) is 29.8 Å². The van der Waals surface area contributed by atoms with E-state index in [9.17, 15) is 4.39 Å². The Morgan fingerprint density at radius 2 is 1.80 bits per heavy atom. The Hall–Kier alpha value is -1.54. The van der Waals surface area contributed by atoms with Gasteiger partial charge in [0.05, 0.1) is 0 Å². The third-order valence-corrected chi connectivity index (χ3v) is 4.27. The van der Waals surface area contributed by atoms with Crippen LogP contribution in [0.15, 0.2) is 42.5 Å². The summed E-state index contributed by atoms with van der Waals surface area (Å²) in [6.45, 7) is 2.08. The molecule has 1 nitrogen and oxygen atoms in total. The molecule has 20 heavy (non-hydrogen) atoms. The Kier molecular flexibility index (Phi) is 3.66. The van der Waals surface area contributed by atoms with Crippen molar-refractivity contribution in [3.05, 3.63) is 64.4 Å². The predicted octanol–water partition coefficient (Wildman–Crippen LogP) is 5.15. The van der Waals surface area contributed by atoms with E-state index in [1.807, 2.05) is 30.3 Å². The molecule has 3 heteroatoms. The highest BCUT2D eigenvalue weighted by atomic mass is 35.5. The normalized spacial score (nSPS) is 21.4. The number of nitrogens with one attached hydrogen (secondary N) is 1.